The van der Waals surface area contributed by atoms with E-state index in [-0.39, 0.29) is 36.3 Å². The number of ether oxygens (including phenoxy) is 3. The maximum Gasteiger partial charge on any atom is 0.310 e. The number of carbonyl (C=O) groups excluding carboxylic acids is 1. The molecule has 0 radical (unpaired) electrons. The Morgan fingerprint density at radius 3 is 2.65 bits per heavy atom. The minimum absolute atomic E-state index is 0. The Morgan fingerprint density at radius 2 is 2.12 bits per heavy atom. The average molecular weight is 266 g/mol. The molecule has 0 aliphatic carbocycles. The van der Waals surface area contributed by atoms with E-state index in [2.05, 4.69) is 5.32 Å². The Morgan fingerprint density at radius 1 is 1.41 bits per heavy atom. The summed E-state index contributed by atoms with van der Waals surface area (Å²) in [6.45, 7) is 5.78. The molecule has 2 saturated heterocycles. The highest BCUT2D eigenvalue weighted by Crippen LogP contribution is 2.32. The Kier molecular flexibility index (Phi) is 4.77. The van der Waals surface area contributed by atoms with Crippen molar-refractivity contribution in [3.63, 3.8) is 0 Å². The van der Waals surface area contributed by atoms with Gasteiger partial charge in [-0.3, -0.25) is 4.79 Å². The predicted molar refractivity (Wildman–Crippen MR) is 64.0 cm³/mol. The van der Waals surface area contributed by atoms with E-state index in [1.54, 1.807) is 0 Å². The lowest BCUT2D eigenvalue weighted by atomic mass is 9.91. The van der Waals surface area contributed by atoms with Crippen molar-refractivity contribution in [3.8, 4) is 0 Å². The average Bonchev–Trinajstić information content (AvgIpc) is 2.82. The van der Waals surface area contributed by atoms with E-state index in [0.29, 0.717) is 13.2 Å². The van der Waals surface area contributed by atoms with Gasteiger partial charge in [0.15, 0.2) is 5.79 Å². The molecule has 2 heterocycles. The minimum atomic E-state index is -0.534. The Labute approximate surface area is 108 Å². The molecule has 2 aliphatic rings. The third-order valence-electron chi connectivity index (χ3n) is 3.27. The number of hydrogen-bond acceptors (Lipinski definition) is 5. The summed E-state index contributed by atoms with van der Waals surface area (Å²) in [5.41, 5.74) is 0. The number of esters is 1. The van der Waals surface area contributed by atoms with Crippen LogP contribution in [0.3, 0.4) is 0 Å². The number of methoxy groups -OCH3 is 1. The van der Waals surface area contributed by atoms with Crippen LogP contribution in [-0.4, -0.2) is 44.7 Å². The SMILES string of the molecule is COC(=O)C1CNCC1C1COC(C)(C)O1.Cl. The van der Waals surface area contributed by atoms with Gasteiger partial charge >= 0.3 is 5.97 Å². The summed E-state index contributed by atoms with van der Waals surface area (Å²) in [5, 5.41) is 3.21. The van der Waals surface area contributed by atoms with Crippen LogP contribution in [-0.2, 0) is 19.0 Å². The van der Waals surface area contributed by atoms with E-state index < -0.39 is 5.79 Å². The van der Waals surface area contributed by atoms with Gasteiger partial charge in [0.05, 0.1) is 25.7 Å². The highest BCUT2D eigenvalue weighted by Gasteiger charge is 2.45. The number of halogens is 1. The molecule has 100 valence electrons. The molecule has 3 unspecified atom stereocenters. The Balaban J connectivity index is 0.00000144. The molecule has 2 aliphatic heterocycles. The zero-order valence-corrected chi connectivity index (χ0v) is 11.2. The van der Waals surface area contributed by atoms with E-state index in [4.69, 9.17) is 14.2 Å². The molecular weight excluding hydrogens is 246 g/mol. The first-order valence-electron chi connectivity index (χ1n) is 5.64. The van der Waals surface area contributed by atoms with Crippen LogP contribution in [0.2, 0.25) is 0 Å². The maximum absolute atomic E-state index is 11.6. The van der Waals surface area contributed by atoms with Gasteiger partial charge in [-0.25, -0.2) is 0 Å². The molecule has 1 N–H and O–H groups in total. The van der Waals surface area contributed by atoms with Gasteiger partial charge < -0.3 is 19.5 Å². The van der Waals surface area contributed by atoms with Crippen LogP contribution < -0.4 is 5.32 Å². The highest BCUT2D eigenvalue weighted by atomic mass is 35.5. The second kappa shape index (κ2) is 5.52. The predicted octanol–water partition coefficient (Wildman–Crippen LogP) is 0.568. The van der Waals surface area contributed by atoms with E-state index in [1.165, 1.54) is 7.11 Å². The molecule has 0 saturated carbocycles. The van der Waals surface area contributed by atoms with Crippen molar-refractivity contribution in [2.24, 2.45) is 11.8 Å². The standard InChI is InChI=1S/C11H19NO4.ClH/c1-11(2)15-6-9(16-11)7-4-12-5-8(7)10(13)14-3;/h7-9,12H,4-6H2,1-3H3;1H. The molecule has 0 aromatic carbocycles. The molecule has 17 heavy (non-hydrogen) atoms. The van der Waals surface area contributed by atoms with Crippen molar-refractivity contribution in [2.75, 3.05) is 26.8 Å². The van der Waals surface area contributed by atoms with Crippen molar-refractivity contribution in [3.05, 3.63) is 0 Å². The smallest absolute Gasteiger partial charge is 0.310 e. The van der Waals surface area contributed by atoms with E-state index >= 15 is 0 Å². The number of hydrogen-bond donors (Lipinski definition) is 1. The van der Waals surface area contributed by atoms with Crippen LogP contribution in [0, 0.1) is 11.8 Å². The van der Waals surface area contributed by atoms with Crippen LogP contribution >= 0.6 is 12.4 Å². The van der Waals surface area contributed by atoms with Gasteiger partial charge in [-0.1, -0.05) is 0 Å². The maximum atomic E-state index is 11.6. The number of rotatable bonds is 2. The molecule has 2 fully saturated rings. The van der Waals surface area contributed by atoms with Gasteiger partial charge in [0.1, 0.15) is 0 Å². The summed E-state index contributed by atoms with van der Waals surface area (Å²) < 4.78 is 16.1. The van der Waals surface area contributed by atoms with Crippen molar-refractivity contribution < 1.29 is 19.0 Å². The van der Waals surface area contributed by atoms with Crippen molar-refractivity contribution in [2.45, 2.75) is 25.7 Å². The summed E-state index contributed by atoms with van der Waals surface area (Å²) in [7, 11) is 1.42. The summed E-state index contributed by atoms with van der Waals surface area (Å²) in [4.78, 5) is 11.6. The molecule has 0 spiro atoms. The fourth-order valence-corrected chi connectivity index (χ4v) is 2.43. The van der Waals surface area contributed by atoms with Crippen LogP contribution in [0.1, 0.15) is 13.8 Å². The summed E-state index contributed by atoms with van der Waals surface area (Å²) in [6, 6.07) is 0. The van der Waals surface area contributed by atoms with Crippen LogP contribution in [0.4, 0.5) is 0 Å². The molecule has 0 amide bonds. The van der Waals surface area contributed by atoms with Gasteiger partial charge in [-0.05, 0) is 13.8 Å². The first-order chi connectivity index (χ1) is 7.53. The molecule has 5 nitrogen and oxygen atoms in total. The quantitative estimate of drug-likeness (QED) is 0.740. The van der Waals surface area contributed by atoms with Crippen LogP contribution in [0.15, 0.2) is 0 Å². The monoisotopic (exact) mass is 265 g/mol. The fourth-order valence-electron chi connectivity index (χ4n) is 2.43. The second-order valence-corrected chi connectivity index (χ2v) is 4.82. The van der Waals surface area contributed by atoms with Gasteiger partial charge in [0.25, 0.3) is 0 Å². The van der Waals surface area contributed by atoms with Gasteiger partial charge in [0, 0.05) is 19.0 Å². The molecule has 6 heteroatoms. The zero-order chi connectivity index (χ0) is 11.8. The molecule has 0 aromatic heterocycles. The summed E-state index contributed by atoms with van der Waals surface area (Å²) in [5.74, 6) is -0.668. The number of carbonyl (C=O) groups is 1. The topological polar surface area (TPSA) is 56.8 Å². The largest absolute Gasteiger partial charge is 0.469 e. The minimum Gasteiger partial charge on any atom is -0.469 e. The number of nitrogens with one attached hydrogen (secondary N) is 1. The Bertz CT molecular complexity index is 285. The molecule has 0 aromatic rings. The normalized spacial score (nSPS) is 35.4. The second-order valence-electron chi connectivity index (χ2n) is 4.82. The molecule has 3 atom stereocenters. The Hall–Kier alpha value is -0.360. The third-order valence-corrected chi connectivity index (χ3v) is 3.27. The lowest BCUT2D eigenvalue weighted by molar-refractivity contribution is -0.156. The van der Waals surface area contributed by atoms with E-state index in [9.17, 15) is 4.79 Å². The zero-order valence-electron chi connectivity index (χ0n) is 10.4. The van der Waals surface area contributed by atoms with E-state index in [0.717, 1.165) is 6.54 Å². The first-order valence-corrected chi connectivity index (χ1v) is 5.64. The van der Waals surface area contributed by atoms with Crippen LogP contribution in [0.25, 0.3) is 0 Å². The fraction of sp³-hybridized carbons (Fsp3) is 0.909. The molecule has 0 bridgehead atoms. The molecular formula is C11H20ClNO4. The van der Waals surface area contributed by atoms with E-state index in [1.807, 2.05) is 13.8 Å². The van der Waals surface area contributed by atoms with Crippen molar-refractivity contribution in [1.82, 2.24) is 5.32 Å². The van der Waals surface area contributed by atoms with Crippen molar-refractivity contribution in [1.29, 1.82) is 0 Å². The first kappa shape index (κ1) is 14.7. The molecule has 2 rings (SSSR count). The third kappa shape index (κ3) is 3.10. The van der Waals surface area contributed by atoms with Gasteiger partial charge in [-0.2, -0.15) is 0 Å². The highest BCUT2D eigenvalue weighted by molar-refractivity contribution is 5.85. The lowest BCUT2D eigenvalue weighted by Gasteiger charge is -2.23. The van der Waals surface area contributed by atoms with Gasteiger partial charge in [0.2, 0.25) is 0 Å². The summed E-state index contributed by atoms with van der Waals surface area (Å²) in [6.07, 6.45) is -0.0194. The summed E-state index contributed by atoms with van der Waals surface area (Å²) >= 11 is 0. The van der Waals surface area contributed by atoms with Gasteiger partial charge in [-0.15, -0.1) is 12.4 Å². The lowest BCUT2D eigenvalue weighted by Crippen LogP contribution is -2.35. The van der Waals surface area contributed by atoms with Crippen LogP contribution in [0.5, 0.6) is 0 Å². The van der Waals surface area contributed by atoms with Crippen molar-refractivity contribution >= 4 is 18.4 Å².